The first-order valence-corrected chi connectivity index (χ1v) is 10.3. The van der Waals surface area contributed by atoms with Crippen LogP contribution in [0.2, 0.25) is 0 Å². The molecular formula is C17H24ClN3O2S2. The van der Waals surface area contributed by atoms with Crippen LogP contribution >= 0.6 is 23.7 Å². The van der Waals surface area contributed by atoms with E-state index in [1.54, 1.807) is 10.4 Å². The number of benzene rings is 1. The molecule has 3 rings (SSSR count). The van der Waals surface area contributed by atoms with Crippen LogP contribution in [-0.2, 0) is 16.6 Å². The second-order valence-corrected chi connectivity index (χ2v) is 9.57. The van der Waals surface area contributed by atoms with Crippen molar-refractivity contribution >= 4 is 39.5 Å². The summed E-state index contributed by atoms with van der Waals surface area (Å²) in [4.78, 5) is 4.64. The van der Waals surface area contributed by atoms with Crippen molar-refractivity contribution in [2.75, 3.05) is 31.9 Å². The number of halogens is 1. The van der Waals surface area contributed by atoms with E-state index in [0.717, 1.165) is 40.6 Å². The molecule has 1 aromatic carbocycles. The average molecular weight is 402 g/mol. The minimum Gasteiger partial charge on any atom is -0.399 e. The Bertz CT molecular complexity index is 828. The molecular weight excluding hydrogens is 378 g/mol. The lowest BCUT2D eigenvalue weighted by atomic mass is 10.2. The van der Waals surface area contributed by atoms with E-state index in [1.807, 2.05) is 32.0 Å². The monoisotopic (exact) mass is 401 g/mol. The average Bonchev–Trinajstić information content (AvgIpc) is 2.87. The maximum atomic E-state index is 12.8. The number of rotatable bonds is 4. The normalized spacial score (nSPS) is 16.6. The molecule has 2 heterocycles. The molecule has 0 amide bonds. The molecule has 25 heavy (non-hydrogen) atoms. The topological polar surface area (TPSA) is 66.6 Å². The van der Waals surface area contributed by atoms with Gasteiger partial charge < -0.3 is 5.73 Å². The van der Waals surface area contributed by atoms with Crippen molar-refractivity contribution in [2.24, 2.45) is 0 Å². The molecule has 5 nitrogen and oxygen atoms in total. The minimum absolute atomic E-state index is 0. The van der Waals surface area contributed by atoms with Crippen LogP contribution in [0.4, 0.5) is 5.69 Å². The molecule has 2 aromatic rings. The highest BCUT2D eigenvalue weighted by Gasteiger charge is 2.30. The zero-order valence-corrected chi connectivity index (χ0v) is 16.9. The maximum absolute atomic E-state index is 12.8. The van der Waals surface area contributed by atoms with Crippen molar-refractivity contribution in [3.63, 3.8) is 0 Å². The Kier molecular flexibility index (Phi) is 6.51. The van der Waals surface area contributed by atoms with Crippen LogP contribution in [0.15, 0.2) is 35.2 Å². The lowest BCUT2D eigenvalue weighted by molar-refractivity contribution is 0.181. The number of sulfonamides is 1. The molecule has 1 saturated heterocycles. The number of anilines is 1. The first-order valence-electron chi connectivity index (χ1n) is 8.00. The fourth-order valence-corrected chi connectivity index (χ4v) is 6.03. The fourth-order valence-electron chi connectivity index (χ4n) is 3.08. The van der Waals surface area contributed by atoms with Gasteiger partial charge in [0, 0.05) is 48.2 Å². The third kappa shape index (κ3) is 4.54. The van der Waals surface area contributed by atoms with Crippen LogP contribution < -0.4 is 5.73 Å². The molecule has 1 aliphatic rings. The molecule has 0 atom stereocenters. The van der Waals surface area contributed by atoms with Gasteiger partial charge in [-0.1, -0.05) is 12.1 Å². The fraction of sp³-hybridized carbons (Fsp3) is 0.412. The van der Waals surface area contributed by atoms with E-state index in [2.05, 4.69) is 11.0 Å². The maximum Gasteiger partial charge on any atom is 0.244 e. The highest BCUT2D eigenvalue weighted by molar-refractivity contribution is 7.89. The molecule has 138 valence electrons. The number of nitrogens with two attached hydrogens (primary N) is 1. The Hall–Kier alpha value is -1.12. The van der Waals surface area contributed by atoms with Crippen LogP contribution in [-0.4, -0.2) is 43.8 Å². The van der Waals surface area contributed by atoms with Gasteiger partial charge in [0.15, 0.2) is 0 Å². The molecule has 0 spiro atoms. The summed E-state index contributed by atoms with van der Waals surface area (Å²) < 4.78 is 27.3. The van der Waals surface area contributed by atoms with Gasteiger partial charge in [-0.15, -0.1) is 23.7 Å². The van der Waals surface area contributed by atoms with Gasteiger partial charge in [0.2, 0.25) is 10.0 Å². The molecule has 0 radical (unpaired) electrons. The molecule has 1 aromatic heterocycles. The molecule has 8 heteroatoms. The Balaban J connectivity index is 0.00000225. The van der Waals surface area contributed by atoms with Gasteiger partial charge in [0.05, 0.1) is 4.90 Å². The summed E-state index contributed by atoms with van der Waals surface area (Å²) in [5.74, 6) is 0. The predicted octanol–water partition coefficient (Wildman–Crippen LogP) is 2.88. The summed E-state index contributed by atoms with van der Waals surface area (Å²) >= 11 is 1.54. The number of nitrogen functional groups attached to an aromatic ring is 1. The first kappa shape index (κ1) is 20.2. The Labute approximate surface area is 159 Å². The van der Waals surface area contributed by atoms with Crippen LogP contribution in [0.5, 0.6) is 0 Å². The van der Waals surface area contributed by atoms with Gasteiger partial charge in [0.1, 0.15) is 0 Å². The smallest absolute Gasteiger partial charge is 0.244 e. The molecule has 0 saturated carbocycles. The van der Waals surface area contributed by atoms with E-state index in [1.165, 1.54) is 11.3 Å². The van der Waals surface area contributed by atoms with E-state index in [0.29, 0.717) is 18.0 Å². The molecule has 2 N–H and O–H groups in total. The lowest BCUT2D eigenvalue weighted by Crippen LogP contribution is -2.48. The van der Waals surface area contributed by atoms with E-state index in [-0.39, 0.29) is 12.4 Å². The van der Waals surface area contributed by atoms with Crippen molar-refractivity contribution in [1.82, 2.24) is 9.21 Å². The molecule has 0 bridgehead atoms. The van der Waals surface area contributed by atoms with Crippen LogP contribution in [0.3, 0.4) is 0 Å². The number of hydrogen-bond donors (Lipinski definition) is 1. The highest BCUT2D eigenvalue weighted by atomic mass is 35.5. The second-order valence-electron chi connectivity index (χ2n) is 6.20. The summed E-state index contributed by atoms with van der Waals surface area (Å²) in [5, 5.41) is 0. The van der Waals surface area contributed by atoms with Crippen molar-refractivity contribution in [2.45, 2.75) is 25.3 Å². The van der Waals surface area contributed by atoms with Crippen molar-refractivity contribution in [3.8, 4) is 0 Å². The van der Waals surface area contributed by atoms with Gasteiger partial charge in [-0.3, -0.25) is 4.90 Å². The molecule has 0 unspecified atom stereocenters. The van der Waals surface area contributed by atoms with Gasteiger partial charge in [0.25, 0.3) is 0 Å². The molecule has 1 fully saturated rings. The van der Waals surface area contributed by atoms with Gasteiger partial charge >= 0.3 is 0 Å². The zero-order valence-electron chi connectivity index (χ0n) is 14.4. The summed E-state index contributed by atoms with van der Waals surface area (Å²) in [6, 6.07) is 9.64. The largest absolute Gasteiger partial charge is 0.399 e. The Morgan fingerprint density at radius 1 is 1.12 bits per heavy atom. The van der Waals surface area contributed by atoms with Gasteiger partial charge in [-0.2, -0.15) is 4.31 Å². The second kappa shape index (κ2) is 8.05. The van der Waals surface area contributed by atoms with E-state index in [9.17, 15) is 8.42 Å². The van der Waals surface area contributed by atoms with Crippen molar-refractivity contribution in [1.29, 1.82) is 0 Å². The number of thiophene rings is 1. The third-order valence-corrected chi connectivity index (χ3v) is 7.42. The number of piperazine rings is 1. The summed E-state index contributed by atoms with van der Waals surface area (Å²) in [6.07, 6.45) is 0. The number of hydrogen-bond acceptors (Lipinski definition) is 5. The van der Waals surface area contributed by atoms with E-state index < -0.39 is 10.0 Å². The van der Waals surface area contributed by atoms with Crippen LogP contribution in [0, 0.1) is 13.8 Å². The summed E-state index contributed by atoms with van der Waals surface area (Å²) in [6.45, 7) is 7.14. The SMILES string of the molecule is Cc1cc(S(=O)(=O)N2CCN(Cc3cccc(N)c3)CC2)c(C)s1.Cl. The first-order chi connectivity index (χ1) is 11.4. The Morgan fingerprint density at radius 2 is 1.80 bits per heavy atom. The van der Waals surface area contributed by atoms with Gasteiger partial charge in [-0.05, 0) is 37.6 Å². The van der Waals surface area contributed by atoms with Crippen molar-refractivity contribution < 1.29 is 8.42 Å². The molecule has 0 aliphatic carbocycles. The zero-order chi connectivity index (χ0) is 17.3. The van der Waals surface area contributed by atoms with Crippen LogP contribution in [0.1, 0.15) is 15.3 Å². The summed E-state index contributed by atoms with van der Waals surface area (Å²) in [5.41, 5.74) is 7.74. The number of nitrogens with zero attached hydrogens (tertiary/aromatic N) is 2. The third-order valence-electron chi connectivity index (χ3n) is 4.30. The molecule has 1 aliphatic heterocycles. The standard InChI is InChI=1S/C17H23N3O2S2.ClH/c1-13-10-17(14(2)23-13)24(21,22)20-8-6-19(7-9-20)12-15-4-3-5-16(18)11-15;/h3-5,10-11H,6-9,12,18H2,1-2H3;1H. The van der Waals surface area contributed by atoms with E-state index in [4.69, 9.17) is 5.73 Å². The lowest BCUT2D eigenvalue weighted by Gasteiger charge is -2.34. The Morgan fingerprint density at radius 3 is 2.36 bits per heavy atom. The van der Waals surface area contributed by atoms with E-state index >= 15 is 0 Å². The van der Waals surface area contributed by atoms with Crippen molar-refractivity contribution in [3.05, 3.63) is 45.6 Å². The van der Waals surface area contributed by atoms with Gasteiger partial charge in [-0.25, -0.2) is 8.42 Å². The minimum atomic E-state index is -3.38. The summed E-state index contributed by atoms with van der Waals surface area (Å²) in [7, 11) is -3.38. The number of aryl methyl sites for hydroxylation is 2. The predicted molar refractivity (Wildman–Crippen MR) is 106 cm³/mol. The highest BCUT2D eigenvalue weighted by Crippen LogP contribution is 2.28. The quantitative estimate of drug-likeness (QED) is 0.800. The van der Waals surface area contributed by atoms with Crippen LogP contribution in [0.25, 0.3) is 0 Å².